The van der Waals surface area contributed by atoms with E-state index in [9.17, 15) is 0 Å². The summed E-state index contributed by atoms with van der Waals surface area (Å²) in [6.07, 6.45) is 6.83. The van der Waals surface area contributed by atoms with Crippen LogP contribution in [-0.4, -0.2) is 0 Å². The Labute approximate surface area is 280 Å². The summed E-state index contributed by atoms with van der Waals surface area (Å²) < 4.78 is 6.22. The Morgan fingerprint density at radius 3 is 1.56 bits per heavy atom. The first kappa shape index (κ1) is 26.9. The van der Waals surface area contributed by atoms with Crippen molar-refractivity contribution in [2.45, 2.75) is 43.9 Å². The summed E-state index contributed by atoms with van der Waals surface area (Å²) in [4.78, 5) is 0. The molecular formula is C47H36O. The number of benzene rings is 7. The van der Waals surface area contributed by atoms with Gasteiger partial charge >= 0.3 is 0 Å². The summed E-state index contributed by atoms with van der Waals surface area (Å²) >= 11 is 0. The zero-order chi connectivity index (χ0) is 31.3. The Morgan fingerprint density at radius 1 is 0.375 bits per heavy atom. The van der Waals surface area contributed by atoms with E-state index in [1.54, 1.807) is 11.1 Å². The van der Waals surface area contributed by atoms with Gasteiger partial charge in [-0.25, -0.2) is 0 Å². The topological polar surface area (TPSA) is 13.1 Å². The van der Waals surface area contributed by atoms with E-state index in [1.165, 1.54) is 97.8 Å². The lowest BCUT2D eigenvalue weighted by molar-refractivity contribution is 0.153. The van der Waals surface area contributed by atoms with Gasteiger partial charge in [0.05, 0.1) is 0 Å². The summed E-state index contributed by atoms with van der Waals surface area (Å²) in [5, 5.41) is 7.56. The van der Waals surface area contributed by atoms with Crippen LogP contribution in [0.4, 0.5) is 0 Å². The van der Waals surface area contributed by atoms with Gasteiger partial charge in [0.1, 0.15) is 11.2 Å². The molecule has 2 fully saturated rings. The Kier molecular flexibility index (Phi) is 5.70. The van der Waals surface area contributed by atoms with E-state index in [4.69, 9.17) is 4.42 Å². The normalized spacial score (nSPS) is 21.3. The fraction of sp³-hybridized carbons (Fsp3) is 0.191. The summed E-state index contributed by atoms with van der Waals surface area (Å²) in [5.74, 6) is 3.03. The van der Waals surface area contributed by atoms with Crippen LogP contribution in [0.25, 0.3) is 76.9 Å². The van der Waals surface area contributed by atoms with E-state index in [2.05, 4.69) is 127 Å². The smallest absolute Gasteiger partial charge is 0.135 e. The van der Waals surface area contributed by atoms with Gasteiger partial charge in [0.2, 0.25) is 0 Å². The molecule has 0 N–H and O–H groups in total. The molecule has 4 bridgehead atoms. The van der Waals surface area contributed by atoms with Gasteiger partial charge in [0.25, 0.3) is 0 Å². The molecule has 4 aliphatic rings. The highest BCUT2D eigenvalue weighted by Crippen LogP contribution is 2.56. The molecule has 4 aliphatic carbocycles. The van der Waals surface area contributed by atoms with Crippen LogP contribution in [0.3, 0.4) is 0 Å². The van der Waals surface area contributed by atoms with Crippen molar-refractivity contribution in [2.24, 2.45) is 11.8 Å². The van der Waals surface area contributed by atoms with Crippen molar-refractivity contribution >= 4 is 43.5 Å². The van der Waals surface area contributed by atoms with Gasteiger partial charge in [-0.15, -0.1) is 0 Å². The van der Waals surface area contributed by atoms with Crippen LogP contribution >= 0.6 is 0 Å². The lowest BCUT2D eigenvalue weighted by Gasteiger charge is -2.42. The van der Waals surface area contributed by atoms with Gasteiger partial charge in [-0.1, -0.05) is 115 Å². The van der Waals surface area contributed by atoms with E-state index in [0.717, 1.165) is 23.0 Å². The fourth-order valence-electron chi connectivity index (χ4n) is 10.4. The van der Waals surface area contributed by atoms with E-state index in [0.29, 0.717) is 11.8 Å². The van der Waals surface area contributed by atoms with Crippen molar-refractivity contribution in [3.8, 4) is 33.4 Å². The maximum absolute atomic E-state index is 6.22. The highest BCUT2D eigenvalue weighted by molar-refractivity contribution is 6.22. The largest absolute Gasteiger partial charge is 0.456 e. The summed E-state index contributed by atoms with van der Waals surface area (Å²) in [6.45, 7) is 0. The van der Waals surface area contributed by atoms with Crippen molar-refractivity contribution in [2.75, 3.05) is 0 Å². The molecule has 0 spiro atoms. The predicted molar refractivity (Wildman–Crippen MR) is 201 cm³/mol. The minimum absolute atomic E-state index is 0.629. The van der Waals surface area contributed by atoms with Crippen LogP contribution < -0.4 is 0 Å². The number of para-hydroxylation sites is 1. The molecule has 8 aromatic rings. The van der Waals surface area contributed by atoms with Gasteiger partial charge < -0.3 is 4.42 Å². The van der Waals surface area contributed by atoms with Crippen LogP contribution in [0.15, 0.2) is 138 Å². The minimum atomic E-state index is 0.629. The molecule has 12 rings (SSSR count). The highest BCUT2D eigenvalue weighted by atomic mass is 16.3. The number of hydrogen-bond donors (Lipinski definition) is 0. The Balaban J connectivity index is 1.17. The third kappa shape index (κ3) is 3.91. The van der Waals surface area contributed by atoms with Gasteiger partial charge in [-0.05, 0) is 140 Å². The molecular weight excluding hydrogens is 581 g/mol. The molecule has 1 nitrogen and oxygen atoms in total. The average molecular weight is 617 g/mol. The van der Waals surface area contributed by atoms with Crippen molar-refractivity contribution in [1.82, 2.24) is 0 Å². The van der Waals surface area contributed by atoms with Crippen molar-refractivity contribution in [1.29, 1.82) is 0 Å². The molecule has 48 heavy (non-hydrogen) atoms. The molecule has 2 atom stereocenters. The lowest BCUT2D eigenvalue weighted by Crippen LogP contribution is -2.29. The number of furan rings is 1. The van der Waals surface area contributed by atoms with E-state index in [-0.39, 0.29) is 0 Å². The van der Waals surface area contributed by atoms with Crippen LogP contribution in [0.1, 0.15) is 55.1 Å². The molecule has 1 aromatic heterocycles. The Hall–Kier alpha value is -5.14. The second kappa shape index (κ2) is 10.2. The monoisotopic (exact) mass is 616 g/mol. The van der Waals surface area contributed by atoms with Gasteiger partial charge in [-0.3, -0.25) is 0 Å². The molecule has 0 amide bonds. The van der Waals surface area contributed by atoms with E-state index < -0.39 is 0 Å². The zero-order valence-electron chi connectivity index (χ0n) is 27.0. The fourth-order valence-corrected chi connectivity index (χ4v) is 10.4. The van der Waals surface area contributed by atoms with Crippen molar-refractivity contribution in [3.63, 3.8) is 0 Å². The molecule has 0 saturated heterocycles. The first-order valence-electron chi connectivity index (χ1n) is 17.9. The number of rotatable bonds is 2. The maximum Gasteiger partial charge on any atom is 0.135 e. The summed E-state index contributed by atoms with van der Waals surface area (Å²) in [5.41, 5.74) is 13.2. The predicted octanol–water partition coefficient (Wildman–Crippen LogP) is 13.3. The zero-order valence-corrected chi connectivity index (χ0v) is 27.0. The van der Waals surface area contributed by atoms with Gasteiger partial charge in [0.15, 0.2) is 0 Å². The summed E-state index contributed by atoms with van der Waals surface area (Å²) in [7, 11) is 0. The molecule has 0 radical (unpaired) electrons. The standard InChI is InChI=1S/C47H36O/c1-2-10-35-34(9-1)32-22-28-21-29(23-32)25-33(24-28)42-26-30(17-19-36(35)42)46-38-12-3-5-14-40(38)47(41-15-6-4-13-39(41)46)31-18-20-45-43(27-31)37-11-7-8-16-44(37)48-45/h1-20,26-29,32-33H,21-25H2. The summed E-state index contributed by atoms with van der Waals surface area (Å²) in [6, 6.07) is 50.1. The van der Waals surface area contributed by atoms with Crippen molar-refractivity contribution in [3.05, 3.63) is 145 Å². The second-order valence-electron chi connectivity index (χ2n) is 14.8. The third-order valence-corrected chi connectivity index (χ3v) is 12.2. The van der Waals surface area contributed by atoms with Crippen LogP contribution in [0.5, 0.6) is 0 Å². The minimum Gasteiger partial charge on any atom is -0.456 e. The molecule has 7 aromatic carbocycles. The van der Waals surface area contributed by atoms with E-state index in [1.807, 2.05) is 6.07 Å². The Morgan fingerprint density at radius 2 is 0.875 bits per heavy atom. The lowest BCUT2D eigenvalue weighted by atomic mass is 9.63. The Bertz CT molecular complexity index is 2510. The molecule has 0 aliphatic heterocycles. The van der Waals surface area contributed by atoms with Crippen LogP contribution in [-0.2, 0) is 0 Å². The third-order valence-electron chi connectivity index (χ3n) is 12.2. The molecule has 1 heterocycles. The first-order chi connectivity index (χ1) is 23.8. The molecule has 1 heteroatoms. The maximum atomic E-state index is 6.22. The number of fused-ring (bicyclic) bond motifs is 5. The second-order valence-corrected chi connectivity index (χ2v) is 14.8. The van der Waals surface area contributed by atoms with Gasteiger partial charge in [0, 0.05) is 10.8 Å². The first-order valence-corrected chi connectivity index (χ1v) is 17.9. The van der Waals surface area contributed by atoms with Crippen LogP contribution in [0.2, 0.25) is 0 Å². The van der Waals surface area contributed by atoms with Gasteiger partial charge in [-0.2, -0.15) is 0 Å². The van der Waals surface area contributed by atoms with E-state index >= 15 is 0 Å². The SMILES string of the molecule is c1ccc2c(c1)-c1ccc(-c3c4ccccc4c(-c4ccc5oc6ccccc6c5c4)c4ccccc34)cc1C1CC3CC(CC2C3)C1. The quantitative estimate of drug-likeness (QED) is 0.176. The van der Waals surface area contributed by atoms with Crippen molar-refractivity contribution < 1.29 is 4.42 Å². The van der Waals surface area contributed by atoms with Crippen LogP contribution in [0, 0.1) is 11.8 Å². The molecule has 2 saturated carbocycles. The average Bonchev–Trinajstić information content (AvgIpc) is 3.53. The molecule has 2 unspecified atom stereocenters. The molecule has 230 valence electrons. The highest BCUT2D eigenvalue weighted by Gasteiger charge is 2.40. The number of hydrogen-bond acceptors (Lipinski definition) is 1.